The minimum absolute atomic E-state index is 0.497. The van der Waals surface area contributed by atoms with Crippen LogP contribution in [0.5, 0.6) is 5.75 Å². The van der Waals surface area contributed by atoms with Gasteiger partial charge in [0.25, 0.3) is 0 Å². The summed E-state index contributed by atoms with van der Waals surface area (Å²) in [6, 6.07) is 13.3. The Labute approximate surface area is 120 Å². The number of rotatable bonds is 3. The summed E-state index contributed by atoms with van der Waals surface area (Å²) in [5, 5.41) is 9.26. The van der Waals surface area contributed by atoms with Crippen LogP contribution in [0.3, 0.4) is 0 Å². The van der Waals surface area contributed by atoms with E-state index in [9.17, 15) is 5.26 Å². The second-order valence-electron chi connectivity index (χ2n) is 3.77. The third kappa shape index (κ3) is 3.21. The molecule has 0 bridgehead atoms. The molecule has 0 radical (unpaired) electrons. The summed E-state index contributed by atoms with van der Waals surface area (Å²) < 4.78 is 6.21. The van der Waals surface area contributed by atoms with E-state index in [1.807, 2.05) is 30.3 Å². The molecule has 0 fully saturated rings. The number of methoxy groups -OCH3 is 1. The van der Waals surface area contributed by atoms with Gasteiger partial charge in [0.2, 0.25) is 0 Å². The van der Waals surface area contributed by atoms with Crippen molar-refractivity contribution in [3.63, 3.8) is 0 Å². The lowest BCUT2D eigenvalue weighted by Gasteiger charge is -2.06. The average molecular weight is 315 g/mol. The quantitative estimate of drug-likeness (QED) is 0.807. The van der Waals surface area contributed by atoms with E-state index in [1.165, 1.54) is 0 Å². The Bertz CT molecular complexity index is 645. The smallest absolute Gasteiger partial charge is 0.126 e. The molecule has 0 spiro atoms. The first-order valence-corrected chi connectivity index (χ1v) is 6.40. The third-order valence-electron chi connectivity index (χ3n) is 2.55. The summed E-state index contributed by atoms with van der Waals surface area (Å²) in [6.07, 6.45) is 3.44. The van der Waals surface area contributed by atoms with Gasteiger partial charge >= 0.3 is 0 Å². The second-order valence-corrected chi connectivity index (χ2v) is 4.69. The fraction of sp³-hybridized carbons (Fsp3) is 0.0667. The van der Waals surface area contributed by atoms with E-state index in [0.29, 0.717) is 17.0 Å². The number of hydrogen-bond acceptors (Lipinski definition) is 3. The summed E-state index contributed by atoms with van der Waals surface area (Å²) in [7, 11) is 1.60. The SMILES string of the molecule is COc1ccc(Br)cc1C=C(C#N)c1ccccn1. The Morgan fingerprint density at radius 2 is 2.21 bits per heavy atom. The van der Waals surface area contributed by atoms with Crippen molar-refractivity contribution >= 4 is 27.6 Å². The third-order valence-corrected chi connectivity index (χ3v) is 3.05. The van der Waals surface area contributed by atoms with Gasteiger partial charge in [0.1, 0.15) is 11.8 Å². The molecule has 1 aromatic heterocycles. The number of ether oxygens (including phenoxy) is 1. The summed E-state index contributed by atoms with van der Waals surface area (Å²) >= 11 is 3.41. The lowest BCUT2D eigenvalue weighted by atomic mass is 10.1. The van der Waals surface area contributed by atoms with Crippen LogP contribution in [0, 0.1) is 11.3 Å². The summed E-state index contributed by atoms with van der Waals surface area (Å²) in [5.74, 6) is 0.715. The highest BCUT2D eigenvalue weighted by molar-refractivity contribution is 9.10. The number of nitriles is 1. The van der Waals surface area contributed by atoms with Crippen LogP contribution in [-0.4, -0.2) is 12.1 Å². The van der Waals surface area contributed by atoms with Crippen LogP contribution in [0.25, 0.3) is 11.6 Å². The number of hydrogen-bond donors (Lipinski definition) is 0. The Kier molecular flexibility index (Phi) is 4.32. The number of nitrogens with zero attached hydrogens (tertiary/aromatic N) is 2. The zero-order valence-electron chi connectivity index (χ0n) is 10.3. The number of pyridine rings is 1. The van der Waals surface area contributed by atoms with E-state index >= 15 is 0 Å². The lowest BCUT2D eigenvalue weighted by Crippen LogP contribution is -1.89. The first-order valence-electron chi connectivity index (χ1n) is 5.61. The van der Waals surface area contributed by atoms with Gasteiger partial charge in [-0.2, -0.15) is 5.26 Å². The Hall–Kier alpha value is -2.12. The zero-order chi connectivity index (χ0) is 13.7. The molecule has 19 heavy (non-hydrogen) atoms. The molecule has 0 unspecified atom stereocenters. The van der Waals surface area contributed by atoms with Crippen molar-refractivity contribution in [1.29, 1.82) is 5.26 Å². The molecule has 0 saturated heterocycles. The molecule has 0 atom stereocenters. The standard InChI is InChI=1S/C15H11BrN2O/c1-19-15-6-5-13(16)9-11(15)8-12(10-17)14-4-2-3-7-18-14/h2-9H,1H3. The van der Waals surface area contributed by atoms with E-state index in [-0.39, 0.29) is 0 Å². The first kappa shape index (κ1) is 13.3. The van der Waals surface area contributed by atoms with Crippen molar-refractivity contribution < 1.29 is 4.74 Å². The molecule has 0 aliphatic rings. The number of benzene rings is 1. The molecule has 2 aromatic rings. The van der Waals surface area contributed by atoms with Gasteiger partial charge in [-0.25, -0.2) is 0 Å². The van der Waals surface area contributed by atoms with Crippen molar-refractivity contribution in [2.45, 2.75) is 0 Å². The molecule has 3 nitrogen and oxygen atoms in total. The van der Waals surface area contributed by atoms with Crippen molar-refractivity contribution in [2.24, 2.45) is 0 Å². The molecule has 0 aliphatic heterocycles. The Morgan fingerprint density at radius 3 is 2.84 bits per heavy atom. The summed E-state index contributed by atoms with van der Waals surface area (Å²) in [4.78, 5) is 4.18. The molecule has 0 amide bonds. The fourth-order valence-corrected chi connectivity index (χ4v) is 2.04. The molecule has 0 aliphatic carbocycles. The monoisotopic (exact) mass is 314 g/mol. The first-order chi connectivity index (χ1) is 9.24. The predicted molar refractivity (Wildman–Crippen MR) is 78.4 cm³/mol. The predicted octanol–water partition coefficient (Wildman–Crippen LogP) is 3.92. The molecule has 1 heterocycles. The molecule has 0 N–H and O–H groups in total. The molecular weight excluding hydrogens is 304 g/mol. The topological polar surface area (TPSA) is 45.9 Å². The molecule has 4 heteroatoms. The number of halogens is 1. The maximum Gasteiger partial charge on any atom is 0.126 e. The molecule has 94 valence electrons. The maximum atomic E-state index is 9.26. The normalized spacial score (nSPS) is 10.9. The van der Waals surface area contributed by atoms with Crippen LogP contribution < -0.4 is 4.74 Å². The van der Waals surface area contributed by atoms with E-state index < -0.39 is 0 Å². The van der Waals surface area contributed by atoms with Crippen molar-refractivity contribution in [3.8, 4) is 11.8 Å². The van der Waals surface area contributed by atoms with Crippen LogP contribution in [0.1, 0.15) is 11.3 Å². The fourth-order valence-electron chi connectivity index (χ4n) is 1.66. The van der Waals surface area contributed by atoms with E-state index in [1.54, 1.807) is 25.4 Å². The number of allylic oxidation sites excluding steroid dienone is 1. The highest BCUT2D eigenvalue weighted by Crippen LogP contribution is 2.26. The van der Waals surface area contributed by atoms with E-state index in [0.717, 1.165) is 10.0 Å². The van der Waals surface area contributed by atoms with Gasteiger partial charge in [0, 0.05) is 16.2 Å². The highest BCUT2D eigenvalue weighted by Gasteiger charge is 2.06. The Morgan fingerprint density at radius 1 is 1.37 bits per heavy atom. The van der Waals surface area contributed by atoms with Crippen LogP contribution in [0.15, 0.2) is 47.1 Å². The van der Waals surface area contributed by atoms with Gasteiger partial charge in [0.15, 0.2) is 0 Å². The van der Waals surface area contributed by atoms with Gasteiger partial charge in [0.05, 0.1) is 18.4 Å². The zero-order valence-corrected chi connectivity index (χ0v) is 11.9. The van der Waals surface area contributed by atoms with Crippen molar-refractivity contribution in [2.75, 3.05) is 7.11 Å². The second kappa shape index (κ2) is 6.17. The van der Waals surface area contributed by atoms with Gasteiger partial charge in [-0.3, -0.25) is 4.98 Å². The van der Waals surface area contributed by atoms with Gasteiger partial charge in [-0.15, -0.1) is 0 Å². The summed E-state index contributed by atoms with van der Waals surface area (Å²) in [5.41, 5.74) is 1.98. The largest absolute Gasteiger partial charge is 0.496 e. The van der Waals surface area contributed by atoms with Crippen LogP contribution in [0.2, 0.25) is 0 Å². The van der Waals surface area contributed by atoms with Crippen LogP contribution in [0.4, 0.5) is 0 Å². The van der Waals surface area contributed by atoms with Gasteiger partial charge < -0.3 is 4.74 Å². The van der Waals surface area contributed by atoms with Crippen LogP contribution in [-0.2, 0) is 0 Å². The summed E-state index contributed by atoms with van der Waals surface area (Å²) in [6.45, 7) is 0. The molecule has 1 aromatic carbocycles. The molecule has 2 rings (SSSR count). The van der Waals surface area contributed by atoms with Crippen LogP contribution >= 0.6 is 15.9 Å². The Balaban J connectivity index is 2.50. The average Bonchev–Trinajstić information content (AvgIpc) is 2.46. The minimum Gasteiger partial charge on any atom is -0.496 e. The number of aromatic nitrogens is 1. The van der Waals surface area contributed by atoms with E-state index in [4.69, 9.17) is 4.74 Å². The van der Waals surface area contributed by atoms with Gasteiger partial charge in [-0.05, 0) is 36.4 Å². The molecular formula is C15H11BrN2O. The maximum absolute atomic E-state index is 9.26. The van der Waals surface area contributed by atoms with Crippen molar-refractivity contribution in [3.05, 3.63) is 58.3 Å². The molecule has 0 saturated carbocycles. The van der Waals surface area contributed by atoms with E-state index in [2.05, 4.69) is 27.0 Å². The van der Waals surface area contributed by atoms with Gasteiger partial charge in [-0.1, -0.05) is 22.0 Å². The van der Waals surface area contributed by atoms with Crippen molar-refractivity contribution in [1.82, 2.24) is 4.98 Å². The lowest BCUT2D eigenvalue weighted by molar-refractivity contribution is 0.414. The minimum atomic E-state index is 0.497. The highest BCUT2D eigenvalue weighted by atomic mass is 79.9.